The number of carbonyl (C=O) groups excluding carboxylic acids is 1. The van der Waals surface area contributed by atoms with Crippen molar-refractivity contribution in [3.63, 3.8) is 0 Å². The Morgan fingerprint density at radius 3 is 2.47 bits per heavy atom. The van der Waals surface area contributed by atoms with Crippen LogP contribution in [0.2, 0.25) is 5.02 Å². The third-order valence-corrected chi connectivity index (χ3v) is 5.72. The summed E-state index contributed by atoms with van der Waals surface area (Å²) in [7, 11) is 3.10. The van der Waals surface area contributed by atoms with Crippen LogP contribution in [-0.4, -0.2) is 29.7 Å². The molecule has 0 atom stereocenters. The first-order valence-corrected chi connectivity index (χ1v) is 10.4. The topological polar surface area (TPSA) is 53.4 Å². The maximum absolute atomic E-state index is 13.8. The molecule has 0 unspecified atom stereocenters. The van der Waals surface area contributed by atoms with Gasteiger partial charge in [-0.3, -0.25) is 9.36 Å². The normalized spacial score (nSPS) is 11.1. The lowest BCUT2D eigenvalue weighted by Crippen LogP contribution is -2.14. The van der Waals surface area contributed by atoms with Gasteiger partial charge in [-0.05, 0) is 47.2 Å². The quantitative estimate of drug-likeness (QED) is 0.331. The predicted octanol–water partition coefficient (Wildman–Crippen LogP) is 6.22. The van der Waals surface area contributed by atoms with Crippen LogP contribution in [0.1, 0.15) is 10.4 Å². The molecule has 0 spiro atoms. The Morgan fingerprint density at radius 1 is 0.875 bits per heavy atom. The smallest absolute Gasteiger partial charge is 0.264 e. The number of aromatic nitrogens is 2. The molecule has 1 heterocycles. The first kappa shape index (κ1) is 20.1. The van der Waals surface area contributed by atoms with E-state index < -0.39 is 0 Å². The Morgan fingerprint density at radius 2 is 1.66 bits per heavy atom. The molecule has 4 aromatic carbocycles. The molecule has 0 fully saturated rings. The molecule has 0 aliphatic carbocycles. The molecule has 0 saturated carbocycles. The molecule has 6 heteroatoms. The van der Waals surface area contributed by atoms with E-state index in [2.05, 4.69) is 0 Å². The van der Waals surface area contributed by atoms with Crippen LogP contribution < -0.4 is 9.47 Å². The summed E-state index contributed by atoms with van der Waals surface area (Å²) in [5, 5.41) is 2.61. The largest absolute Gasteiger partial charge is 0.493 e. The lowest BCUT2D eigenvalue weighted by molar-refractivity contribution is 0.0966. The second-order valence-electron chi connectivity index (χ2n) is 7.31. The molecule has 0 aliphatic heterocycles. The maximum Gasteiger partial charge on any atom is 0.264 e. The molecule has 0 radical (unpaired) electrons. The summed E-state index contributed by atoms with van der Waals surface area (Å²) in [5.41, 5.74) is 2.64. The van der Waals surface area contributed by atoms with Crippen LogP contribution in [0.3, 0.4) is 0 Å². The van der Waals surface area contributed by atoms with Crippen molar-refractivity contribution in [3.05, 3.63) is 89.4 Å². The first-order chi connectivity index (χ1) is 15.6. The van der Waals surface area contributed by atoms with Gasteiger partial charge in [0.2, 0.25) is 0 Å². The monoisotopic (exact) mass is 442 g/mol. The molecule has 158 valence electrons. The third kappa shape index (κ3) is 3.27. The molecule has 5 rings (SSSR count). The summed E-state index contributed by atoms with van der Waals surface area (Å²) in [5.74, 6) is 1.35. The minimum atomic E-state index is -0.237. The van der Waals surface area contributed by atoms with Crippen LogP contribution in [0.5, 0.6) is 11.5 Å². The van der Waals surface area contributed by atoms with Gasteiger partial charge in [0.05, 0.1) is 25.3 Å². The van der Waals surface area contributed by atoms with Crippen molar-refractivity contribution < 1.29 is 14.3 Å². The van der Waals surface area contributed by atoms with E-state index in [1.807, 2.05) is 48.5 Å². The van der Waals surface area contributed by atoms with Gasteiger partial charge in [-0.15, -0.1) is 0 Å². The van der Waals surface area contributed by atoms with Gasteiger partial charge < -0.3 is 9.47 Å². The van der Waals surface area contributed by atoms with E-state index in [0.717, 1.165) is 16.3 Å². The van der Waals surface area contributed by atoms with E-state index in [4.69, 9.17) is 26.1 Å². The number of imidazole rings is 1. The van der Waals surface area contributed by atoms with Gasteiger partial charge in [-0.1, -0.05) is 54.1 Å². The van der Waals surface area contributed by atoms with E-state index >= 15 is 0 Å². The molecule has 0 aliphatic rings. The molecule has 0 amide bonds. The Hall–Kier alpha value is -3.83. The van der Waals surface area contributed by atoms with Crippen molar-refractivity contribution in [1.82, 2.24) is 9.55 Å². The van der Waals surface area contributed by atoms with Gasteiger partial charge in [0.15, 0.2) is 11.5 Å². The first-order valence-electron chi connectivity index (χ1n) is 10.0. The van der Waals surface area contributed by atoms with E-state index in [-0.39, 0.29) is 5.91 Å². The Labute approximate surface area is 189 Å². The summed E-state index contributed by atoms with van der Waals surface area (Å²) in [6, 6.07) is 24.5. The van der Waals surface area contributed by atoms with Crippen LogP contribution >= 0.6 is 11.6 Å². The molecule has 0 bridgehead atoms. The standard InChI is InChI=1S/C26H19ClN2O3/c1-31-23-13-10-17(14-24(23)32-2)26(30)29-22-15-18(27)11-12-21(22)28-25(29)20-9-5-7-16-6-3-4-8-19(16)20/h3-15H,1-2H3. The van der Waals surface area contributed by atoms with Crippen molar-refractivity contribution in [3.8, 4) is 22.9 Å². The van der Waals surface area contributed by atoms with Crippen LogP contribution in [0.4, 0.5) is 0 Å². The summed E-state index contributed by atoms with van der Waals surface area (Å²) in [6.45, 7) is 0. The van der Waals surface area contributed by atoms with Gasteiger partial charge in [0.25, 0.3) is 5.91 Å². The average Bonchev–Trinajstić information content (AvgIpc) is 3.21. The molecule has 1 aromatic heterocycles. The van der Waals surface area contributed by atoms with Crippen molar-refractivity contribution in [2.24, 2.45) is 0 Å². The van der Waals surface area contributed by atoms with E-state index in [1.54, 1.807) is 49.1 Å². The van der Waals surface area contributed by atoms with E-state index in [0.29, 0.717) is 38.9 Å². The number of halogens is 1. The second-order valence-corrected chi connectivity index (χ2v) is 7.74. The number of fused-ring (bicyclic) bond motifs is 2. The van der Waals surface area contributed by atoms with Gasteiger partial charge >= 0.3 is 0 Å². The van der Waals surface area contributed by atoms with Gasteiger partial charge in [0.1, 0.15) is 5.82 Å². The number of carbonyl (C=O) groups is 1. The highest BCUT2D eigenvalue weighted by atomic mass is 35.5. The SMILES string of the molecule is COc1ccc(C(=O)n2c(-c3cccc4ccccc34)nc3ccc(Cl)cc32)cc1OC. The lowest BCUT2D eigenvalue weighted by Gasteiger charge is -2.12. The predicted molar refractivity (Wildman–Crippen MR) is 127 cm³/mol. The van der Waals surface area contributed by atoms with Crippen LogP contribution in [0.25, 0.3) is 33.2 Å². The fourth-order valence-corrected chi connectivity index (χ4v) is 4.12. The number of benzene rings is 4. The van der Waals surface area contributed by atoms with Crippen molar-refractivity contribution in [2.75, 3.05) is 14.2 Å². The second kappa shape index (κ2) is 8.02. The number of nitrogens with zero attached hydrogens (tertiary/aromatic N) is 2. The summed E-state index contributed by atoms with van der Waals surface area (Å²) in [6.07, 6.45) is 0. The number of hydrogen-bond donors (Lipinski definition) is 0. The summed E-state index contributed by atoms with van der Waals surface area (Å²) < 4.78 is 12.3. The highest BCUT2D eigenvalue weighted by Gasteiger charge is 2.22. The zero-order valence-corrected chi connectivity index (χ0v) is 18.3. The zero-order valence-electron chi connectivity index (χ0n) is 17.5. The maximum atomic E-state index is 13.8. The number of rotatable bonds is 4. The molecular weight excluding hydrogens is 424 g/mol. The minimum absolute atomic E-state index is 0.237. The minimum Gasteiger partial charge on any atom is -0.493 e. The summed E-state index contributed by atoms with van der Waals surface area (Å²) >= 11 is 6.29. The number of hydrogen-bond acceptors (Lipinski definition) is 4. The third-order valence-electron chi connectivity index (χ3n) is 5.48. The molecule has 0 saturated heterocycles. The van der Waals surface area contributed by atoms with Crippen molar-refractivity contribution in [1.29, 1.82) is 0 Å². The highest BCUT2D eigenvalue weighted by Crippen LogP contribution is 2.34. The zero-order chi connectivity index (χ0) is 22.2. The molecule has 0 N–H and O–H groups in total. The van der Waals surface area contributed by atoms with Crippen molar-refractivity contribution in [2.45, 2.75) is 0 Å². The molecule has 5 nitrogen and oxygen atoms in total. The average molecular weight is 443 g/mol. The Balaban J connectivity index is 1.79. The lowest BCUT2D eigenvalue weighted by atomic mass is 10.0. The van der Waals surface area contributed by atoms with Crippen molar-refractivity contribution >= 4 is 39.3 Å². The van der Waals surface area contributed by atoms with Crippen LogP contribution in [-0.2, 0) is 0 Å². The Bertz CT molecular complexity index is 1480. The van der Waals surface area contributed by atoms with Crippen LogP contribution in [0.15, 0.2) is 78.9 Å². The molecular formula is C26H19ClN2O3. The van der Waals surface area contributed by atoms with E-state index in [1.165, 1.54) is 0 Å². The molecule has 5 aromatic rings. The fraction of sp³-hybridized carbons (Fsp3) is 0.0769. The highest BCUT2D eigenvalue weighted by molar-refractivity contribution is 6.31. The Kier molecular flexibility index (Phi) is 5.04. The fourth-order valence-electron chi connectivity index (χ4n) is 3.95. The number of methoxy groups -OCH3 is 2. The van der Waals surface area contributed by atoms with Crippen LogP contribution in [0, 0.1) is 0 Å². The van der Waals surface area contributed by atoms with Gasteiger partial charge in [-0.2, -0.15) is 0 Å². The number of ether oxygens (including phenoxy) is 2. The summed E-state index contributed by atoms with van der Waals surface area (Å²) in [4.78, 5) is 18.6. The van der Waals surface area contributed by atoms with Gasteiger partial charge in [0, 0.05) is 16.1 Å². The van der Waals surface area contributed by atoms with Gasteiger partial charge in [-0.25, -0.2) is 4.98 Å². The molecule has 32 heavy (non-hydrogen) atoms. The van der Waals surface area contributed by atoms with E-state index in [9.17, 15) is 4.79 Å².